The maximum Gasteiger partial charge on any atom is 0.250 e. The van der Waals surface area contributed by atoms with E-state index in [9.17, 15) is 14.4 Å². The number of carbonyl (C=O) groups excluding carboxylic acids is 3. The topological polar surface area (TPSA) is 92.5 Å². The normalized spacial score (nSPS) is 16.1. The van der Waals surface area contributed by atoms with Crippen LogP contribution in [0.25, 0.3) is 0 Å². The molecule has 0 aliphatic carbocycles. The largest absolute Gasteiger partial charge is 0.366 e. The molecule has 1 heterocycles. The molecule has 6 heteroatoms. The van der Waals surface area contributed by atoms with Gasteiger partial charge in [0.2, 0.25) is 11.8 Å². The van der Waals surface area contributed by atoms with Gasteiger partial charge in [-0.05, 0) is 25.5 Å². The van der Waals surface area contributed by atoms with E-state index in [1.807, 2.05) is 0 Å². The Balaban J connectivity index is 2.12. The van der Waals surface area contributed by atoms with Crippen molar-refractivity contribution >= 4 is 23.4 Å². The summed E-state index contributed by atoms with van der Waals surface area (Å²) < 4.78 is 0. The Hall–Kier alpha value is -2.37. The fraction of sp³-hybridized carbons (Fsp3) is 0.357. The Morgan fingerprint density at radius 3 is 2.65 bits per heavy atom. The minimum Gasteiger partial charge on any atom is -0.366 e. The highest BCUT2D eigenvalue weighted by atomic mass is 16.2. The molecule has 20 heavy (non-hydrogen) atoms. The number of benzene rings is 1. The molecule has 1 aromatic rings. The highest BCUT2D eigenvalue weighted by molar-refractivity contribution is 6.04. The van der Waals surface area contributed by atoms with Crippen LogP contribution in [0.15, 0.2) is 24.3 Å². The molecular weight excluding hydrogens is 258 g/mol. The number of nitrogens with two attached hydrogens (primary N) is 1. The number of nitrogens with zero attached hydrogens (tertiary/aromatic N) is 1. The molecule has 0 aromatic heterocycles. The predicted octanol–water partition coefficient (Wildman–Crippen LogP) is 0.735. The lowest BCUT2D eigenvalue weighted by molar-refractivity contribution is -0.134. The van der Waals surface area contributed by atoms with Crippen molar-refractivity contribution in [2.75, 3.05) is 11.9 Å². The zero-order valence-electron chi connectivity index (χ0n) is 11.3. The average molecular weight is 275 g/mol. The SMILES string of the molecule is CC(C(=O)Nc1ccccc1C(N)=O)N1CCCC1=O. The van der Waals surface area contributed by atoms with Crippen molar-refractivity contribution in [2.24, 2.45) is 5.73 Å². The van der Waals surface area contributed by atoms with Crippen LogP contribution < -0.4 is 11.1 Å². The van der Waals surface area contributed by atoms with Crippen LogP contribution in [0.2, 0.25) is 0 Å². The molecule has 0 spiro atoms. The van der Waals surface area contributed by atoms with Gasteiger partial charge in [0.25, 0.3) is 5.91 Å². The molecule has 1 aromatic carbocycles. The van der Waals surface area contributed by atoms with Crippen molar-refractivity contribution in [3.63, 3.8) is 0 Å². The van der Waals surface area contributed by atoms with Gasteiger partial charge < -0.3 is 16.0 Å². The number of anilines is 1. The molecule has 1 unspecified atom stereocenters. The monoisotopic (exact) mass is 275 g/mol. The molecule has 0 radical (unpaired) electrons. The smallest absolute Gasteiger partial charge is 0.250 e. The van der Waals surface area contributed by atoms with Gasteiger partial charge in [0.05, 0.1) is 11.3 Å². The zero-order chi connectivity index (χ0) is 14.7. The Morgan fingerprint density at radius 2 is 2.05 bits per heavy atom. The minimum absolute atomic E-state index is 0.0177. The molecule has 3 amide bonds. The van der Waals surface area contributed by atoms with E-state index in [0.717, 1.165) is 6.42 Å². The second-order valence-electron chi connectivity index (χ2n) is 4.77. The van der Waals surface area contributed by atoms with Gasteiger partial charge in [0.15, 0.2) is 0 Å². The van der Waals surface area contributed by atoms with Crippen LogP contribution in [0.3, 0.4) is 0 Å². The van der Waals surface area contributed by atoms with Crippen LogP contribution in [-0.2, 0) is 9.59 Å². The molecule has 0 bridgehead atoms. The van der Waals surface area contributed by atoms with Crippen molar-refractivity contribution in [1.29, 1.82) is 0 Å². The molecule has 1 aliphatic heterocycles. The van der Waals surface area contributed by atoms with Crippen molar-refractivity contribution in [2.45, 2.75) is 25.8 Å². The molecule has 106 valence electrons. The highest BCUT2D eigenvalue weighted by Crippen LogP contribution is 2.17. The van der Waals surface area contributed by atoms with Gasteiger partial charge >= 0.3 is 0 Å². The number of para-hydroxylation sites is 1. The first-order valence-electron chi connectivity index (χ1n) is 6.50. The quantitative estimate of drug-likeness (QED) is 0.848. The number of hydrogen-bond acceptors (Lipinski definition) is 3. The molecule has 1 fully saturated rings. The third kappa shape index (κ3) is 2.79. The number of primary amides is 1. The summed E-state index contributed by atoms with van der Waals surface area (Å²) in [6, 6.07) is 5.96. The van der Waals surface area contributed by atoms with Crippen LogP contribution in [-0.4, -0.2) is 35.2 Å². The lowest BCUT2D eigenvalue weighted by atomic mass is 10.1. The van der Waals surface area contributed by atoms with Crippen molar-refractivity contribution in [3.8, 4) is 0 Å². The summed E-state index contributed by atoms with van der Waals surface area (Å²) in [7, 11) is 0. The van der Waals surface area contributed by atoms with Gasteiger partial charge in [0.1, 0.15) is 6.04 Å². The Bertz CT molecular complexity index is 556. The zero-order valence-corrected chi connectivity index (χ0v) is 11.3. The van der Waals surface area contributed by atoms with E-state index in [-0.39, 0.29) is 17.4 Å². The van der Waals surface area contributed by atoms with Gasteiger partial charge in [-0.25, -0.2) is 0 Å². The number of rotatable bonds is 4. The second kappa shape index (κ2) is 5.73. The van der Waals surface area contributed by atoms with Gasteiger partial charge in [-0.3, -0.25) is 14.4 Å². The van der Waals surface area contributed by atoms with Crippen LogP contribution in [0, 0.1) is 0 Å². The maximum atomic E-state index is 12.2. The number of nitrogens with one attached hydrogen (secondary N) is 1. The molecule has 1 aliphatic rings. The van der Waals surface area contributed by atoms with Crippen molar-refractivity contribution in [3.05, 3.63) is 29.8 Å². The molecule has 6 nitrogen and oxygen atoms in total. The summed E-state index contributed by atoms with van der Waals surface area (Å²) in [6.45, 7) is 2.26. The Morgan fingerprint density at radius 1 is 1.35 bits per heavy atom. The number of amides is 3. The van der Waals surface area contributed by atoms with Gasteiger partial charge in [-0.15, -0.1) is 0 Å². The second-order valence-corrected chi connectivity index (χ2v) is 4.77. The van der Waals surface area contributed by atoms with E-state index in [0.29, 0.717) is 18.7 Å². The first-order chi connectivity index (χ1) is 9.50. The summed E-state index contributed by atoms with van der Waals surface area (Å²) >= 11 is 0. The minimum atomic E-state index is -0.606. The van der Waals surface area contributed by atoms with Gasteiger partial charge in [-0.1, -0.05) is 12.1 Å². The average Bonchev–Trinajstić information content (AvgIpc) is 2.84. The van der Waals surface area contributed by atoms with E-state index in [1.54, 1.807) is 36.1 Å². The van der Waals surface area contributed by atoms with Crippen molar-refractivity contribution in [1.82, 2.24) is 4.90 Å². The van der Waals surface area contributed by atoms with Crippen molar-refractivity contribution < 1.29 is 14.4 Å². The van der Waals surface area contributed by atoms with Crippen LogP contribution in [0.1, 0.15) is 30.1 Å². The van der Waals surface area contributed by atoms with E-state index in [1.165, 1.54) is 0 Å². The summed E-state index contributed by atoms with van der Waals surface area (Å²) in [4.78, 5) is 36.6. The van der Waals surface area contributed by atoms with E-state index >= 15 is 0 Å². The summed E-state index contributed by atoms with van der Waals surface area (Å²) in [5.74, 6) is -0.949. The summed E-state index contributed by atoms with van der Waals surface area (Å²) in [5.41, 5.74) is 5.87. The summed E-state index contributed by atoms with van der Waals surface area (Å²) in [6.07, 6.45) is 1.25. The molecule has 1 atom stereocenters. The predicted molar refractivity (Wildman–Crippen MR) is 74.0 cm³/mol. The number of hydrogen-bond donors (Lipinski definition) is 2. The third-order valence-electron chi connectivity index (χ3n) is 3.41. The van der Waals surface area contributed by atoms with Gasteiger partial charge in [-0.2, -0.15) is 0 Å². The van der Waals surface area contributed by atoms with Crippen LogP contribution in [0.4, 0.5) is 5.69 Å². The lowest BCUT2D eigenvalue weighted by Gasteiger charge is -2.23. The molecule has 1 saturated heterocycles. The lowest BCUT2D eigenvalue weighted by Crippen LogP contribution is -2.42. The molecule has 3 N–H and O–H groups in total. The van der Waals surface area contributed by atoms with Gasteiger partial charge in [0, 0.05) is 13.0 Å². The third-order valence-corrected chi connectivity index (χ3v) is 3.41. The first-order valence-corrected chi connectivity index (χ1v) is 6.50. The van der Waals surface area contributed by atoms with E-state index < -0.39 is 11.9 Å². The fourth-order valence-electron chi connectivity index (χ4n) is 2.26. The molecule has 0 saturated carbocycles. The number of likely N-dealkylation sites (tertiary alicyclic amines) is 1. The molecular formula is C14H17N3O3. The summed E-state index contributed by atoms with van der Waals surface area (Å²) in [5, 5.41) is 2.66. The van der Waals surface area contributed by atoms with E-state index in [4.69, 9.17) is 5.73 Å². The van der Waals surface area contributed by atoms with Crippen LogP contribution >= 0.6 is 0 Å². The highest BCUT2D eigenvalue weighted by Gasteiger charge is 2.29. The Labute approximate surface area is 116 Å². The molecule has 2 rings (SSSR count). The first kappa shape index (κ1) is 14.0. The van der Waals surface area contributed by atoms with E-state index in [2.05, 4.69) is 5.32 Å². The standard InChI is InChI=1S/C14H17N3O3/c1-9(17-8-4-7-12(17)18)14(20)16-11-6-3-2-5-10(11)13(15)19/h2-3,5-6,9H,4,7-8H2,1H3,(H2,15,19)(H,16,20). The fourth-order valence-corrected chi connectivity index (χ4v) is 2.26. The number of carbonyl (C=O) groups is 3. The Kier molecular flexibility index (Phi) is 4.02. The maximum absolute atomic E-state index is 12.2. The van der Waals surface area contributed by atoms with Crippen LogP contribution in [0.5, 0.6) is 0 Å².